The molecule has 9 heavy (non-hydrogen) atoms. The fourth-order valence-electron chi connectivity index (χ4n) is 2.03. The first-order chi connectivity index (χ1) is 4.36. The Morgan fingerprint density at radius 2 is 2.22 bits per heavy atom. The molecular weight excluding hydrogens is 112 g/mol. The van der Waals surface area contributed by atoms with Crippen molar-refractivity contribution >= 4 is 0 Å². The highest BCUT2D eigenvalue weighted by atomic mass is 15.0. The Hall–Kier alpha value is -0.0800. The van der Waals surface area contributed by atoms with Crippen LogP contribution in [-0.4, -0.2) is 18.6 Å². The van der Waals surface area contributed by atoms with Crippen LogP contribution >= 0.6 is 0 Å². The molecule has 1 saturated carbocycles. The van der Waals surface area contributed by atoms with Crippen molar-refractivity contribution in [1.82, 2.24) is 5.32 Å². The van der Waals surface area contributed by atoms with Crippen LogP contribution in [0.15, 0.2) is 0 Å². The summed E-state index contributed by atoms with van der Waals surface area (Å²) < 4.78 is 0. The molecule has 0 spiro atoms. The predicted octanol–water partition coefficient (Wildman–Crippen LogP) is 0.0856. The van der Waals surface area contributed by atoms with Crippen molar-refractivity contribution in [2.24, 2.45) is 11.7 Å². The van der Waals surface area contributed by atoms with Crippen molar-refractivity contribution in [1.29, 1.82) is 0 Å². The van der Waals surface area contributed by atoms with E-state index in [-0.39, 0.29) is 0 Å². The van der Waals surface area contributed by atoms with Gasteiger partial charge in [0.15, 0.2) is 0 Å². The lowest BCUT2D eigenvalue weighted by Crippen LogP contribution is -2.54. The zero-order valence-electron chi connectivity index (χ0n) is 5.64. The maximum Gasteiger partial charge on any atom is 0.00940 e. The monoisotopic (exact) mass is 126 g/mol. The third kappa shape index (κ3) is 0.864. The first kappa shape index (κ1) is 5.69. The normalized spacial score (nSPS) is 49.7. The van der Waals surface area contributed by atoms with Gasteiger partial charge in [0.05, 0.1) is 0 Å². The van der Waals surface area contributed by atoms with Crippen molar-refractivity contribution in [3.8, 4) is 0 Å². The molecule has 0 amide bonds. The lowest BCUT2D eigenvalue weighted by atomic mass is 9.78. The van der Waals surface area contributed by atoms with Gasteiger partial charge in [0.2, 0.25) is 0 Å². The van der Waals surface area contributed by atoms with E-state index in [2.05, 4.69) is 5.32 Å². The summed E-state index contributed by atoms with van der Waals surface area (Å²) in [5.41, 5.74) is 5.88. The fraction of sp³-hybridized carbons (Fsp3) is 1.00. The Morgan fingerprint density at radius 3 is 2.44 bits per heavy atom. The molecule has 3 aliphatic rings. The van der Waals surface area contributed by atoms with Crippen LogP contribution < -0.4 is 11.1 Å². The topological polar surface area (TPSA) is 38.0 Å². The summed E-state index contributed by atoms with van der Waals surface area (Å²) in [4.78, 5) is 0. The zero-order valence-corrected chi connectivity index (χ0v) is 5.64. The third-order valence-electron chi connectivity index (χ3n) is 2.72. The Balaban J connectivity index is 2.06. The van der Waals surface area contributed by atoms with Crippen molar-refractivity contribution < 1.29 is 0 Å². The molecule has 2 bridgehead atoms. The Kier molecular flexibility index (Phi) is 1.24. The van der Waals surface area contributed by atoms with Gasteiger partial charge in [-0.1, -0.05) is 0 Å². The highest BCUT2D eigenvalue weighted by molar-refractivity contribution is 4.92. The van der Waals surface area contributed by atoms with Crippen molar-refractivity contribution in [2.45, 2.75) is 31.3 Å². The Morgan fingerprint density at radius 1 is 1.33 bits per heavy atom. The van der Waals surface area contributed by atoms with Crippen LogP contribution in [0, 0.1) is 5.92 Å². The minimum atomic E-state index is 0.505. The van der Waals surface area contributed by atoms with Gasteiger partial charge in [-0.2, -0.15) is 0 Å². The first-order valence-electron chi connectivity index (χ1n) is 3.85. The average molecular weight is 126 g/mol. The standard InChI is InChI=1S/C7H14N2/c8-7-3-6-2-1-5(7)4-9-6/h5-7,9H,1-4,8H2. The highest BCUT2D eigenvalue weighted by Crippen LogP contribution is 2.27. The number of fused-ring (bicyclic) bond motifs is 3. The number of hydrogen-bond acceptors (Lipinski definition) is 2. The van der Waals surface area contributed by atoms with Crippen LogP contribution in [0.25, 0.3) is 0 Å². The molecule has 2 heteroatoms. The lowest BCUT2D eigenvalue weighted by Gasteiger charge is -2.41. The highest BCUT2D eigenvalue weighted by Gasteiger charge is 2.32. The second-order valence-corrected chi connectivity index (χ2v) is 3.34. The van der Waals surface area contributed by atoms with Crippen LogP contribution in [0.3, 0.4) is 0 Å². The molecular formula is C7H14N2. The second-order valence-electron chi connectivity index (χ2n) is 3.34. The summed E-state index contributed by atoms with van der Waals surface area (Å²) in [7, 11) is 0. The maximum atomic E-state index is 5.88. The number of nitrogens with one attached hydrogen (secondary N) is 1. The van der Waals surface area contributed by atoms with Crippen molar-refractivity contribution in [3.63, 3.8) is 0 Å². The van der Waals surface area contributed by atoms with Crippen LogP contribution in [0.2, 0.25) is 0 Å². The quantitative estimate of drug-likeness (QED) is 0.482. The molecule has 0 aromatic heterocycles. The van der Waals surface area contributed by atoms with Crippen LogP contribution in [0.1, 0.15) is 19.3 Å². The molecule has 2 saturated heterocycles. The van der Waals surface area contributed by atoms with E-state index in [1.165, 1.54) is 25.8 Å². The summed E-state index contributed by atoms with van der Waals surface area (Å²) in [5.74, 6) is 0.787. The van der Waals surface area contributed by atoms with Gasteiger partial charge in [-0.05, 0) is 31.7 Å². The van der Waals surface area contributed by atoms with E-state index < -0.39 is 0 Å². The fourth-order valence-corrected chi connectivity index (χ4v) is 2.03. The number of rotatable bonds is 0. The average Bonchev–Trinajstić information content (AvgIpc) is 1.90. The first-order valence-corrected chi connectivity index (χ1v) is 3.85. The zero-order chi connectivity index (χ0) is 6.27. The summed E-state index contributed by atoms with van der Waals surface area (Å²) in [6, 6.07) is 1.26. The molecule has 0 aromatic carbocycles. The van der Waals surface area contributed by atoms with E-state index in [1.807, 2.05) is 0 Å². The molecule has 0 aromatic rings. The molecule has 3 unspecified atom stereocenters. The molecule has 3 rings (SSSR count). The molecule has 2 aliphatic heterocycles. The van der Waals surface area contributed by atoms with Crippen molar-refractivity contribution in [3.05, 3.63) is 0 Å². The van der Waals surface area contributed by atoms with E-state index in [0.29, 0.717) is 6.04 Å². The summed E-state index contributed by atoms with van der Waals surface area (Å²) in [6.07, 6.45) is 3.93. The van der Waals surface area contributed by atoms with Gasteiger partial charge in [0.25, 0.3) is 0 Å². The van der Waals surface area contributed by atoms with Gasteiger partial charge in [-0.15, -0.1) is 0 Å². The molecule has 52 valence electrons. The molecule has 1 aliphatic carbocycles. The Labute approximate surface area is 55.8 Å². The van der Waals surface area contributed by atoms with Gasteiger partial charge in [-0.25, -0.2) is 0 Å². The minimum Gasteiger partial charge on any atom is -0.327 e. The smallest absolute Gasteiger partial charge is 0.00940 e. The van der Waals surface area contributed by atoms with E-state index in [4.69, 9.17) is 5.73 Å². The van der Waals surface area contributed by atoms with E-state index in [0.717, 1.165) is 12.0 Å². The molecule has 3 atom stereocenters. The summed E-state index contributed by atoms with van der Waals surface area (Å²) >= 11 is 0. The van der Waals surface area contributed by atoms with Gasteiger partial charge in [0, 0.05) is 12.1 Å². The number of hydrogen-bond donors (Lipinski definition) is 2. The number of nitrogens with two attached hydrogens (primary N) is 1. The molecule has 3 fully saturated rings. The minimum absolute atomic E-state index is 0.505. The van der Waals surface area contributed by atoms with Crippen LogP contribution in [0.4, 0.5) is 0 Å². The molecule has 2 heterocycles. The number of piperidine rings is 2. The van der Waals surface area contributed by atoms with Gasteiger partial charge in [-0.3, -0.25) is 0 Å². The van der Waals surface area contributed by atoms with Crippen LogP contribution in [0.5, 0.6) is 0 Å². The predicted molar refractivity (Wildman–Crippen MR) is 37.1 cm³/mol. The maximum absolute atomic E-state index is 5.88. The molecule has 3 N–H and O–H groups in total. The third-order valence-corrected chi connectivity index (χ3v) is 2.72. The van der Waals surface area contributed by atoms with Gasteiger partial charge >= 0.3 is 0 Å². The van der Waals surface area contributed by atoms with E-state index in [1.54, 1.807) is 0 Å². The second kappa shape index (κ2) is 1.96. The van der Waals surface area contributed by atoms with E-state index >= 15 is 0 Å². The van der Waals surface area contributed by atoms with Gasteiger partial charge in [0.1, 0.15) is 0 Å². The van der Waals surface area contributed by atoms with Crippen LogP contribution in [-0.2, 0) is 0 Å². The molecule has 2 nitrogen and oxygen atoms in total. The van der Waals surface area contributed by atoms with E-state index in [9.17, 15) is 0 Å². The SMILES string of the molecule is NC1CC2CCC1CN2. The van der Waals surface area contributed by atoms with Crippen molar-refractivity contribution in [2.75, 3.05) is 6.54 Å². The summed E-state index contributed by atoms with van der Waals surface area (Å²) in [5, 5.41) is 3.47. The molecule has 0 radical (unpaired) electrons. The Bertz CT molecular complexity index is 105. The summed E-state index contributed by atoms with van der Waals surface area (Å²) in [6.45, 7) is 1.17. The lowest BCUT2D eigenvalue weighted by molar-refractivity contribution is 0.183. The largest absolute Gasteiger partial charge is 0.327 e. The van der Waals surface area contributed by atoms with Gasteiger partial charge < -0.3 is 11.1 Å².